The molecule has 0 aliphatic rings. The van der Waals surface area contributed by atoms with E-state index in [4.69, 9.17) is 4.74 Å². The van der Waals surface area contributed by atoms with Crippen molar-refractivity contribution in [1.82, 2.24) is 9.55 Å². The zero-order valence-electron chi connectivity index (χ0n) is 8.00. The molecule has 0 saturated carbocycles. The smallest absolute Gasteiger partial charge is 0.231 e. The van der Waals surface area contributed by atoms with Crippen molar-refractivity contribution in [3.63, 3.8) is 0 Å². The van der Waals surface area contributed by atoms with Crippen molar-refractivity contribution in [2.75, 3.05) is 6.61 Å². The summed E-state index contributed by atoms with van der Waals surface area (Å²) in [6.45, 7) is 7.82. The van der Waals surface area contributed by atoms with Crippen molar-refractivity contribution in [1.29, 1.82) is 0 Å². The lowest BCUT2D eigenvalue weighted by Gasteiger charge is -1.98. The molecule has 0 bridgehead atoms. The molecule has 0 aromatic carbocycles. The summed E-state index contributed by atoms with van der Waals surface area (Å²) in [6.07, 6.45) is 2.92. The Balaban J connectivity index is 2.81. The molecule has 0 spiro atoms. The Hall–Kier alpha value is -0.990. The van der Waals surface area contributed by atoms with Crippen LogP contribution in [0.15, 0.2) is 6.20 Å². The van der Waals surface area contributed by atoms with Gasteiger partial charge in [-0.05, 0) is 13.8 Å². The molecule has 0 N–H and O–H groups in total. The number of aromatic nitrogens is 2. The van der Waals surface area contributed by atoms with E-state index in [-0.39, 0.29) is 0 Å². The average molecular weight is 168 g/mol. The van der Waals surface area contributed by atoms with Crippen LogP contribution < -0.4 is 4.74 Å². The maximum atomic E-state index is 5.30. The predicted molar refractivity (Wildman–Crippen MR) is 48.4 cm³/mol. The fourth-order valence-corrected chi connectivity index (χ4v) is 1.20. The molecule has 12 heavy (non-hydrogen) atoms. The first-order valence-corrected chi connectivity index (χ1v) is 4.50. The highest BCUT2D eigenvalue weighted by molar-refractivity contribution is 5.09. The van der Waals surface area contributed by atoms with Gasteiger partial charge in [-0.1, -0.05) is 6.92 Å². The predicted octanol–water partition coefficient (Wildman–Crippen LogP) is 1.86. The first-order chi connectivity index (χ1) is 5.81. The number of nitrogens with zero attached hydrogens (tertiary/aromatic N) is 2. The number of imidazole rings is 1. The lowest BCUT2D eigenvalue weighted by Crippen LogP contribution is -1.98. The summed E-state index contributed by atoms with van der Waals surface area (Å²) >= 11 is 0. The Bertz CT molecular complexity index is 221. The molecular formula is C9H16N2O. The number of hydrogen-bond donors (Lipinski definition) is 0. The van der Waals surface area contributed by atoms with Gasteiger partial charge in [0.05, 0.1) is 12.8 Å². The van der Waals surface area contributed by atoms with E-state index in [1.807, 2.05) is 13.1 Å². The quantitative estimate of drug-likeness (QED) is 0.686. The number of hydrogen-bond acceptors (Lipinski definition) is 2. The molecule has 3 nitrogen and oxygen atoms in total. The second kappa shape index (κ2) is 4.14. The van der Waals surface area contributed by atoms with Crippen molar-refractivity contribution in [3.8, 4) is 5.88 Å². The molecule has 0 atom stereocenters. The van der Waals surface area contributed by atoms with Crippen LogP contribution in [0.2, 0.25) is 0 Å². The second-order valence-corrected chi connectivity index (χ2v) is 2.57. The maximum Gasteiger partial charge on any atom is 0.231 e. The Kier molecular flexibility index (Phi) is 3.14. The van der Waals surface area contributed by atoms with Crippen LogP contribution >= 0.6 is 0 Å². The second-order valence-electron chi connectivity index (χ2n) is 2.57. The maximum absolute atomic E-state index is 5.30. The van der Waals surface area contributed by atoms with Crippen LogP contribution in [-0.4, -0.2) is 16.2 Å². The molecule has 0 fully saturated rings. The van der Waals surface area contributed by atoms with Gasteiger partial charge in [0.2, 0.25) is 5.88 Å². The molecule has 3 heteroatoms. The summed E-state index contributed by atoms with van der Waals surface area (Å²) in [4.78, 5) is 4.33. The zero-order valence-corrected chi connectivity index (χ0v) is 8.00. The molecule has 1 heterocycles. The molecule has 0 aliphatic heterocycles. The van der Waals surface area contributed by atoms with Gasteiger partial charge in [0.25, 0.3) is 0 Å². The van der Waals surface area contributed by atoms with Gasteiger partial charge in [-0.15, -0.1) is 0 Å². The Morgan fingerprint density at radius 3 is 2.58 bits per heavy atom. The Morgan fingerprint density at radius 2 is 2.17 bits per heavy atom. The summed E-state index contributed by atoms with van der Waals surface area (Å²) in [5, 5.41) is 0. The third-order valence-electron chi connectivity index (χ3n) is 1.79. The normalized spacial score (nSPS) is 10.2. The Morgan fingerprint density at radius 1 is 1.42 bits per heavy atom. The van der Waals surface area contributed by atoms with Crippen molar-refractivity contribution in [2.45, 2.75) is 33.7 Å². The van der Waals surface area contributed by atoms with E-state index in [9.17, 15) is 0 Å². The monoisotopic (exact) mass is 168 g/mol. The minimum absolute atomic E-state index is 0.684. The number of aryl methyl sites for hydroxylation is 2. The molecule has 1 aromatic heterocycles. The molecule has 0 aliphatic carbocycles. The molecule has 0 unspecified atom stereocenters. The van der Waals surface area contributed by atoms with Crippen LogP contribution in [0.4, 0.5) is 0 Å². The minimum Gasteiger partial charge on any atom is -0.477 e. The number of rotatable bonds is 4. The SMILES string of the molecule is CCOc1cn(CC)c(CC)n1. The highest BCUT2D eigenvalue weighted by atomic mass is 16.5. The lowest BCUT2D eigenvalue weighted by molar-refractivity contribution is 0.327. The van der Waals surface area contributed by atoms with Crippen LogP contribution in [-0.2, 0) is 13.0 Å². The molecule has 68 valence electrons. The van der Waals surface area contributed by atoms with Gasteiger partial charge < -0.3 is 9.30 Å². The summed E-state index contributed by atoms with van der Waals surface area (Å²) in [5.41, 5.74) is 0. The first-order valence-electron chi connectivity index (χ1n) is 4.50. The van der Waals surface area contributed by atoms with Crippen LogP contribution in [0.1, 0.15) is 26.6 Å². The van der Waals surface area contributed by atoms with Crippen molar-refractivity contribution in [3.05, 3.63) is 12.0 Å². The van der Waals surface area contributed by atoms with Gasteiger partial charge in [0.1, 0.15) is 5.82 Å². The van der Waals surface area contributed by atoms with Crippen LogP contribution in [0.25, 0.3) is 0 Å². The summed E-state index contributed by atoms with van der Waals surface area (Å²) in [6, 6.07) is 0. The van der Waals surface area contributed by atoms with E-state index in [2.05, 4.69) is 23.4 Å². The largest absolute Gasteiger partial charge is 0.477 e. The van der Waals surface area contributed by atoms with E-state index < -0.39 is 0 Å². The topological polar surface area (TPSA) is 27.1 Å². The van der Waals surface area contributed by atoms with Gasteiger partial charge in [-0.25, -0.2) is 0 Å². The lowest BCUT2D eigenvalue weighted by atomic mass is 10.4. The summed E-state index contributed by atoms with van der Waals surface area (Å²) in [5.74, 6) is 1.84. The fourth-order valence-electron chi connectivity index (χ4n) is 1.20. The average Bonchev–Trinajstić information content (AvgIpc) is 2.48. The van der Waals surface area contributed by atoms with Crippen LogP contribution in [0, 0.1) is 0 Å². The fraction of sp³-hybridized carbons (Fsp3) is 0.667. The van der Waals surface area contributed by atoms with E-state index in [1.54, 1.807) is 0 Å². The van der Waals surface area contributed by atoms with E-state index in [0.29, 0.717) is 6.61 Å². The standard InChI is InChI=1S/C9H16N2O/c1-4-8-10-9(12-6-3)7-11(8)5-2/h7H,4-6H2,1-3H3. The van der Waals surface area contributed by atoms with E-state index >= 15 is 0 Å². The van der Waals surface area contributed by atoms with E-state index in [1.165, 1.54) is 0 Å². The van der Waals surface area contributed by atoms with E-state index in [0.717, 1.165) is 24.7 Å². The minimum atomic E-state index is 0.684. The van der Waals surface area contributed by atoms with Gasteiger partial charge in [-0.3, -0.25) is 0 Å². The first kappa shape index (κ1) is 9.10. The van der Waals surface area contributed by atoms with Crippen molar-refractivity contribution in [2.24, 2.45) is 0 Å². The molecule has 0 saturated heterocycles. The van der Waals surface area contributed by atoms with Crippen molar-refractivity contribution < 1.29 is 4.74 Å². The zero-order chi connectivity index (χ0) is 8.97. The van der Waals surface area contributed by atoms with Gasteiger partial charge in [-0.2, -0.15) is 4.98 Å². The highest BCUT2D eigenvalue weighted by Gasteiger charge is 2.04. The molecule has 0 radical (unpaired) electrons. The van der Waals surface area contributed by atoms with Crippen LogP contribution in [0.5, 0.6) is 5.88 Å². The summed E-state index contributed by atoms with van der Waals surface area (Å²) < 4.78 is 7.41. The highest BCUT2D eigenvalue weighted by Crippen LogP contribution is 2.11. The Labute approximate surface area is 73.4 Å². The number of ether oxygens (including phenoxy) is 1. The molecule has 1 rings (SSSR count). The third kappa shape index (κ3) is 1.78. The van der Waals surface area contributed by atoms with Gasteiger partial charge >= 0.3 is 0 Å². The molecule has 1 aromatic rings. The van der Waals surface area contributed by atoms with Gasteiger partial charge in [0, 0.05) is 13.0 Å². The molecular weight excluding hydrogens is 152 g/mol. The van der Waals surface area contributed by atoms with Crippen LogP contribution in [0.3, 0.4) is 0 Å². The molecule has 0 amide bonds. The van der Waals surface area contributed by atoms with Crippen molar-refractivity contribution >= 4 is 0 Å². The summed E-state index contributed by atoms with van der Waals surface area (Å²) in [7, 11) is 0. The van der Waals surface area contributed by atoms with Gasteiger partial charge in [0.15, 0.2) is 0 Å². The third-order valence-corrected chi connectivity index (χ3v) is 1.79.